The average Bonchev–Trinajstić information content (AvgIpc) is 2.54. The van der Waals surface area contributed by atoms with Crippen molar-refractivity contribution >= 4 is 34.1 Å². The Morgan fingerprint density at radius 3 is 2.45 bits per heavy atom. The minimum atomic E-state index is -0.688. The molecule has 0 radical (unpaired) electrons. The van der Waals surface area contributed by atoms with Gasteiger partial charge in [-0.2, -0.15) is 0 Å². The van der Waals surface area contributed by atoms with E-state index in [9.17, 15) is 9.59 Å². The van der Waals surface area contributed by atoms with E-state index in [2.05, 4.69) is 5.32 Å². The van der Waals surface area contributed by atoms with Crippen LogP contribution in [0.1, 0.15) is 15.9 Å². The highest BCUT2D eigenvalue weighted by Crippen LogP contribution is 2.12. The molecule has 108 valence electrons. The largest absolute Gasteiger partial charge is 0.422 e. The Labute approximate surface area is 131 Å². The van der Waals surface area contributed by atoms with Crippen molar-refractivity contribution < 1.29 is 9.21 Å². The van der Waals surface area contributed by atoms with Crippen LogP contribution in [-0.2, 0) is 0 Å². The van der Waals surface area contributed by atoms with Gasteiger partial charge in [-0.15, -0.1) is 0 Å². The van der Waals surface area contributed by atoms with Gasteiger partial charge in [0.05, 0.1) is 0 Å². The molecule has 1 aromatic heterocycles. The first-order valence-corrected chi connectivity index (χ1v) is 6.99. The number of hydrogen-bond acceptors (Lipinski definition) is 4. The van der Waals surface area contributed by atoms with Crippen LogP contribution in [0.4, 0.5) is 0 Å². The Bertz CT molecular complexity index is 916. The van der Waals surface area contributed by atoms with E-state index in [1.807, 2.05) is 18.2 Å². The minimum Gasteiger partial charge on any atom is -0.422 e. The van der Waals surface area contributed by atoms with Gasteiger partial charge in [-0.1, -0.05) is 60.7 Å². The van der Waals surface area contributed by atoms with E-state index in [-0.39, 0.29) is 10.6 Å². The summed E-state index contributed by atoms with van der Waals surface area (Å²) in [5.74, 6) is -0.576. The van der Waals surface area contributed by atoms with E-state index in [0.29, 0.717) is 16.5 Å². The van der Waals surface area contributed by atoms with Crippen LogP contribution in [0.15, 0.2) is 69.9 Å². The Kier molecular flexibility index (Phi) is 3.80. The SMILES string of the molecule is O=C(NC(=S)c1ccccc1)c1cc2ccccc2oc1=O. The zero-order chi connectivity index (χ0) is 15.5. The van der Waals surface area contributed by atoms with Crippen molar-refractivity contribution in [1.82, 2.24) is 5.32 Å². The van der Waals surface area contributed by atoms with E-state index in [0.717, 1.165) is 0 Å². The van der Waals surface area contributed by atoms with Crippen LogP contribution in [0, 0.1) is 0 Å². The van der Waals surface area contributed by atoms with Crippen molar-refractivity contribution in [3.05, 3.63) is 82.2 Å². The van der Waals surface area contributed by atoms with Crippen molar-refractivity contribution in [1.29, 1.82) is 0 Å². The van der Waals surface area contributed by atoms with Crippen LogP contribution < -0.4 is 10.9 Å². The number of thiocarbonyl (C=S) groups is 1. The highest BCUT2D eigenvalue weighted by Gasteiger charge is 2.15. The third-order valence-corrected chi connectivity index (χ3v) is 3.49. The number of fused-ring (bicyclic) bond motifs is 1. The predicted octanol–water partition coefficient (Wildman–Crippen LogP) is 2.90. The number of carbonyl (C=O) groups excluding carboxylic acids is 1. The average molecular weight is 309 g/mol. The molecule has 1 N–H and O–H groups in total. The molecular weight excluding hydrogens is 298 g/mol. The minimum absolute atomic E-state index is 0.0722. The lowest BCUT2D eigenvalue weighted by Gasteiger charge is -2.06. The molecule has 2 aromatic carbocycles. The molecule has 0 aliphatic rings. The molecule has 4 nitrogen and oxygen atoms in total. The van der Waals surface area contributed by atoms with Gasteiger partial charge in [0.1, 0.15) is 16.1 Å². The number of rotatable bonds is 2. The van der Waals surface area contributed by atoms with E-state index in [1.165, 1.54) is 6.07 Å². The molecule has 0 fully saturated rings. The van der Waals surface area contributed by atoms with Gasteiger partial charge in [-0.3, -0.25) is 4.79 Å². The molecule has 0 bridgehead atoms. The second-order valence-electron chi connectivity index (χ2n) is 4.63. The first-order valence-electron chi connectivity index (χ1n) is 6.59. The summed E-state index contributed by atoms with van der Waals surface area (Å²) in [4.78, 5) is 24.4. The summed E-state index contributed by atoms with van der Waals surface area (Å²) in [5.41, 5.74) is 0.384. The molecule has 0 unspecified atom stereocenters. The van der Waals surface area contributed by atoms with Crippen molar-refractivity contribution in [2.75, 3.05) is 0 Å². The normalized spacial score (nSPS) is 10.4. The van der Waals surface area contributed by atoms with Crippen LogP contribution in [-0.4, -0.2) is 10.9 Å². The third-order valence-electron chi connectivity index (χ3n) is 3.15. The molecule has 3 aromatic rings. The summed E-state index contributed by atoms with van der Waals surface area (Å²) in [7, 11) is 0. The van der Waals surface area contributed by atoms with Gasteiger partial charge in [0, 0.05) is 10.9 Å². The van der Waals surface area contributed by atoms with E-state index >= 15 is 0 Å². The maximum Gasteiger partial charge on any atom is 0.349 e. The molecule has 0 spiro atoms. The van der Waals surface area contributed by atoms with Crippen LogP contribution in [0.5, 0.6) is 0 Å². The summed E-state index contributed by atoms with van der Waals surface area (Å²) < 4.78 is 5.14. The monoisotopic (exact) mass is 309 g/mol. The molecule has 0 aliphatic heterocycles. The summed E-state index contributed by atoms with van der Waals surface area (Å²) in [6, 6.07) is 17.6. The van der Waals surface area contributed by atoms with Gasteiger partial charge in [0.2, 0.25) is 0 Å². The zero-order valence-corrected chi connectivity index (χ0v) is 12.2. The molecule has 0 saturated carbocycles. The van der Waals surface area contributed by atoms with Gasteiger partial charge in [-0.25, -0.2) is 4.79 Å². The number of benzene rings is 2. The fourth-order valence-corrected chi connectivity index (χ4v) is 2.28. The number of hydrogen-bond donors (Lipinski definition) is 1. The maximum absolute atomic E-state index is 12.2. The van der Waals surface area contributed by atoms with Crippen LogP contribution in [0.3, 0.4) is 0 Å². The van der Waals surface area contributed by atoms with Gasteiger partial charge < -0.3 is 9.73 Å². The predicted molar refractivity (Wildman–Crippen MR) is 88.1 cm³/mol. The third kappa shape index (κ3) is 2.80. The second-order valence-corrected chi connectivity index (χ2v) is 5.04. The molecule has 0 atom stereocenters. The fraction of sp³-hybridized carbons (Fsp3) is 0. The summed E-state index contributed by atoms with van der Waals surface area (Å²) in [6.45, 7) is 0. The number of carbonyl (C=O) groups is 1. The lowest BCUT2D eigenvalue weighted by atomic mass is 10.1. The Balaban J connectivity index is 1.91. The van der Waals surface area contributed by atoms with Crippen molar-refractivity contribution in [2.24, 2.45) is 0 Å². The number of nitrogens with one attached hydrogen (secondary N) is 1. The standard InChI is InChI=1S/C17H11NO3S/c19-15(18-16(22)11-6-2-1-3-7-11)13-10-12-8-4-5-9-14(12)21-17(13)20/h1-10H,(H,18,19,22). The highest BCUT2D eigenvalue weighted by molar-refractivity contribution is 7.80. The van der Waals surface area contributed by atoms with Crippen LogP contribution in [0.25, 0.3) is 11.0 Å². The van der Waals surface area contributed by atoms with Crippen LogP contribution >= 0.6 is 12.2 Å². The molecule has 5 heteroatoms. The smallest absolute Gasteiger partial charge is 0.349 e. The molecule has 1 heterocycles. The number of para-hydroxylation sites is 1. The maximum atomic E-state index is 12.2. The molecular formula is C17H11NO3S. The summed E-state index contributed by atoms with van der Waals surface area (Å²) in [5, 5.41) is 3.23. The van der Waals surface area contributed by atoms with Crippen molar-refractivity contribution in [2.45, 2.75) is 0 Å². The van der Waals surface area contributed by atoms with E-state index < -0.39 is 11.5 Å². The van der Waals surface area contributed by atoms with Gasteiger partial charge >= 0.3 is 5.63 Å². The molecule has 22 heavy (non-hydrogen) atoms. The van der Waals surface area contributed by atoms with Gasteiger partial charge in [-0.05, 0) is 12.1 Å². The highest BCUT2D eigenvalue weighted by atomic mass is 32.1. The molecule has 3 rings (SSSR count). The van der Waals surface area contributed by atoms with Gasteiger partial charge in [0.25, 0.3) is 5.91 Å². The zero-order valence-electron chi connectivity index (χ0n) is 11.4. The fourth-order valence-electron chi connectivity index (χ4n) is 2.05. The Morgan fingerprint density at radius 1 is 1.00 bits per heavy atom. The lowest BCUT2D eigenvalue weighted by molar-refractivity contribution is 0.0974. The molecule has 1 amide bonds. The van der Waals surface area contributed by atoms with E-state index in [1.54, 1.807) is 36.4 Å². The van der Waals surface area contributed by atoms with Crippen LogP contribution in [0.2, 0.25) is 0 Å². The Hall–Kier alpha value is -2.79. The Morgan fingerprint density at radius 2 is 1.68 bits per heavy atom. The summed E-state index contributed by atoms with van der Waals surface area (Å²) >= 11 is 5.17. The first-order chi connectivity index (χ1) is 10.6. The topological polar surface area (TPSA) is 59.3 Å². The van der Waals surface area contributed by atoms with Crippen molar-refractivity contribution in [3.8, 4) is 0 Å². The number of amides is 1. The molecule has 0 aliphatic carbocycles. The van der Waals surface area contributed by atoms with Gasteiger partial charge in [0.15, 0.2) is 0 Å². The summed E-state index contributed by atoms with van der Waals surface area (Å²) in [6.07, 6.45) is 0. The molecule has 0 saturated heterocycles. The van der Waals surface area contributed by atoms with E-state index in [4.69, 9.17) is 16.6 Å². The second kappa shape index (κ2) is 5.91. The van der Waals surface area contributed by atoms with Crippen molar-refractivity contribution in [3.63, 3.8) is 0 Å². The first kappa shape index (κ1) is 14.2. The lowest BCUT2D eigenvalue weighted by Crippen LogP contribution is -2.32. The quantitative estimate of drug-likeness (QED) is 0.584.